The van der Waals surface area contributed by atoms with E-state index in [2.05, 4.69) is 34.5 Å². The van der Waals surface area contributed by atoms with E-state index in [-0.39, 0.29) is 11.0 Å². The van der Waals surface area contributed by atoms with Crippen LogP contribution in [0.15, 0.2) is 89.1 Å². The number of amidine groups is 1. The van der Waals surface area contributed by atoms with Gasteiger partial charge in [-0.25, -0.2) is 0 Å². The lowest BCUT2D eigenvalue weighted by molar-refractivity contribution is 0.429. The molecule has 0 spiro atoms. The van der Waals surface area contributed by atoms with Gasteiger partial charge in [-0.2, -0.15) is 0 Å². The second-order valence-electron chi connectivity index (χ2n) is 7.04. The van der Waals surface area contributed by atoms with Crippen LogP contribution in [-0.4, -0.2) is 14.8 Å². The first-order valence-corrected chi connectivity index (χ1v) is 10.6. The van der Waals surface area contributed by atoms with Gasteiger partial charge >= 0.3 is 0 Å². The Bertz CT molecular complexity index is 1200. The molecule has 0 bridgehead atoms. The summed E-state index contributed by atoms with van der Waals surface area (Å²) in [5.74, 6) is 0.708. The van der Waals surface area contributed by atoms with Crippen LogP contribution in [0.1, 0.15) is 16.7 Å². The SMILES string of the molecule is Cc1ccc(CSC(=N)N=Nc2c(O)n(Cc3ccccc3)c3ccccc23)cc1. The number of rotatable bonds is 5. The highest BCUT2D eigenvalue weighted by atomic mass is 32.2. The van der Waals surface area contributed by atoms with Crippen LogP contribution in [0.3, 0.4) is 0 Å². The van der Waals surface area contributed by atoms with Crippen molar-refractivity contribution in [2.75, 3.05) is 0 Å². The second-order valence-corrected chi connectivity index (χ2v) is 8.00. The van der Waals surface area contributed by atoms with E-state index in [1.54, 1.807) is 0 Å². The minimum atomic E-state index is 0.0557. The maximum absolute atomic E-state index is 10.9. The molecule has 5 nitrogen and oxygen atoms in total. The number of aromatic nitrogens is 1. The number of fused-ring (bicyclic) bond motifs is 1. The highest BCUT2D eigenvalue weighted by Crippen LogP contribution is 2.39. The fourth-order valence-electron chi connectivity index (χ4n) is 3.26. The second kappa shape index (κ2) is 8.97. The molecule has 0 saturated heterocycles. The molecular weight excluding hydrogens is 392 g/mol. The molecule has 0 amide bonds. The molecule has 4 aromatic rings. The summed E-state index contributed by atoms with van der Waals surface area (Å²) in [7, 11) is 0. The lowest BCUT2D eigenvalue weighted by atomic mass is 10.2. The maximum Gasteiger partial charge on any atom is 0.221 e. The predicted molar refractivity (Wildman–Crippen MR) is 124 cm³/mol. The van der Waals surface area contributed by atoms with Gasteiger partial charge in [0.05, 0.1) is 12.1 Å². The number of nitrogens with one attached hydrogen (secondary N) is 1. The normalized spacial score (nSPS) is 11.4. The van der Waals surface area contributed by atoms with E-state index in [1.807, 2.05) is 66.1 Å². The quantitative estimate of drug-likeness (QED) is 0.218. The van der Waals surface area contributed by atoms with Crippen LogP contribution < -0.4 is 0 Å². The van der Waals surface area contributed by atoms with Crippen LogP contribution in [0.25, 0.3) is 10.9 Å². The van der Waals surface area contributed by atoms with Crippen LogP contribution in [0.4, 0.5) is 5.69 Å². The van der Waals surface area contributed by atoms with Crippen molar-refractivity contribution in [2.45, 2.75) is 19.2 Å². The highest BCUT2D eigenvalue weighted by Gasteiger charge is 2.16. The maximum atomic E-state index is 10.9. The summed E-state index contributed by atoms with van der Waals surface area (Å²) in [6, 6.07) is 25.9. The van der Waals surface area contributed by atoms with Crippen molar-refractivity contribution < 1.29 is 5.11 Å². The Morgan fingerprint density at radius 2 is 1.63 bits per heavy atom. The third-order valence-corrected chi connectivity index (χ3v) is 5.67. The van der Waals surface area contributed by atoms with E-state index in [9.17, 15) is 5.11 Å². The Hall–Kier alpha value is -3.38. The zero-order valence-electron chi connectivity index (χ0n) is 16.6. The lowest BCUT2D eigenvalue weighted by Crippen LogP contribution is -1.98. The van der Waals surface area contributed by atoms with E-state index in [0.29, 0.717) is 18.0 Å². The van der Waals surface area contributed by atoms with E-state index in [1.165, 1.54) is 17.3 Å². The summed E-state index contributed by atoms with van der Waals surface area (Å²) in [5, 5.41) is 28.2. The monoisotopic (exact) mass is 414 g/mol. The molecule has 6 heteroatoms. The van der Waals surface area contributed by atoms with Gasteiger partial charge in [0.1, 0.15) is 0 Å². The van der Waals surface area contributed by atoms with Gasteiger partial charge in [-0.3, -0.25) is 5.41 Å². The molecule has 2 N–H and O–H groups in total. The van der Waals surface area contributed by atoms with Gasteiger partial charge in [-0.1, -0.05) is 90.1 Å². The Morgan fingerprint density at radius 1 is 0.933 bits per heavy atom. The number of nitrogens with zero attached hydrogens (tertiary/aromatic N) is 3. The molecule has 1 heterocycles. The molecule has 3 aromatic carbocycles. The number of para-hydroxylation sites is 1. The number of thioether (sulfide) groups is 1. The average molecular weight is 415 g/mol. The first-order valence-electron chi connectivity index (χ1n) is 9.64. The van der Waals surface area contributed by atoms with Crippen LogP contribution in [-0.2, 0) is 12.3 Å². The standard InChI is InChI=1S/C24H22N4OS/c1-17-11-13-19(14-12-17)16-30-24(25)27-26-22-20-9-5-6-10-21(20)28(23(22)29)15-18-7-3-2-4-8-18/h2-14,25,29H,15-16H2,1H3. The average Bonchev–Trinajstić information content (AvgIpc) is 3.03. The van der Waals surface area contributed by atoms with Crippen molar-refractivity contribution in [1.29, 1.82) is 5.41 Å². The number of aryl methyl sites for hydroxylation is 1. The van der Waals surface area contributed by atoms with Crippen molar-refractivity contribution in [1.82, 2.24) is 4.57 Å². The number of hydrogen-bond donors (Lipinski definition) is 2. The van der Waals surface area contributed by atoms with Gasteiger partial charge in [0.15, 0.2) is 5.69 Å². The molecule has 0 aliphatic heterocycles. The third kappa shape index (κ3) is 4.44. The van der Waals surface area contributed by atoms with Crippen molar-refractivity contribution in [3.8, 4) is 5.88 Å². The minimum absolute atomic E-state index is 0.0557. The summed E-state index contributed by atoms with van der Waals surface area (Å²) in [6.45, 7) is 2.58. The number of benzene rings is 3. The third-order valence-electron chi connectivity index (χ3n) is 4.84. The van der Waals surface area contributed by atoms with Gasteiger partial charge in [-0.05, 0) is 24.1 Å². The molecule has 150 valence electrons. The van der Waals surface area contributed by atoms with E-state index in [4.69, 9.17) is 5.41 Å². The predicted octanol–water partition coefficient (Wildman–Crippen LogP) is 6.66. The van der Waals surface area contributed by atoms with Crippen molar-refractivity contribution >= 4 is 33.5 Å². The number of aromatic hydroxyl groups is 1. The Labute approximate surface area is 179 Å². The van der Waals surface area contributed by atoms with Gasteiger partial charge < -0.3 is 9.67 Å². The zero-order valence-corrected chi connectivity index (χ0v) is 17.4. The molecule has 0 unspecified atom stereocenters. The molecule has 0 atom stereocenters. The van der Waals surface area contributed by atoms with E-state index >= 15 is 0 Å². The number of azo groups is 1. The molecule has 0 fully saturated rings. The largest absolute Gasteiger partial charge is 0.493 e. The van der Waals surface area contributed by atoms with Gasteiger partial charge in [0, 0.05) is 11.1 Å². The Kier molecular flexibility index (Phi) is 5.95. The van der Waals surface area contributed by atoms with Crippen molar-refractivity contribution in [3.05, 3.63) is 95.6 Å². The first-order chi connectivity index (χ1) is 14.6. The summed E-state index contributed by atoms with van der Waals surface area (Å²) < 4.78 is 1.82. The summed E-state index contributed by atoms with van der Waals surface area (Å²) >= 11 is 1.31. The van der Waals surface area contributed by atoms with Crippen LogP contribution >= 0.6 is 11.8 Å². The van der Waals surface area contributed by atoms with Crippen LogP contribution in [0.5, 0.6) is 5.88 Å². The van der Waals surface area contributed by atoms with Crippen molar-refractivity contribution in [2.24, 2.45) is 10.2 Å². The molecule has 30 heavy (non-hydrogen) atoms. The smallest absolute Gasteiger partial charge is 0.221 e. The van der Waals surface area contributed by atoms with Crippen LogP contribution in [0.2, 0.25) is 0 Å². The molecule has 1 aromatic heterocycles. The summed E-state index contributed by atoms with van der Waals surface area (Å²) in [5.41, 5.74) is 4.70. The van der Waals surface area contributed by atoms with Gasteiger partial charge in [-0.15, -0.1) is 10.2 Å². The molecule has 4 rings (SSSR count). The summed E-state index contributed by atoms with van der Waals surface area (Å²) in [4.78, 5) is 0. The Morgan fingerprint density at radius 3 is 2.40 bits per heavy atom. The van der Waals surface area contributed by atoms with E-state index < -0.39 is 0 Å². The summed E-state index contributed by atoms with van der Waals surface area (Å²) in [6.07, 6.45) is 0. The topological polar surface area (TPSA) is 73.7 Å². The Balaban J connectivity index is 1.55. The molecule has 0 saturated carbocycles. The lowest BCUT2D eigenvalue weighted by Gasteiger charge is -2.06. The molecule has 0 aliphatic rings. The minimum Gasteiger partial charge on any atom is -0.493 e. The molecule has 0 radical (unpaired) electrons. The number of hydrogen-bond acceptors (Lipinski definition) is 4. The fourth-order valence-corrected chi connectivity index (χ4v) is 3.85. The van der Waals surface area contributed by atoms with Gasteiger partial charge in [0.25, 0.3) is 0 Å². The molecule has 0 aliphatic carbocycles. The van der Waals surface area contributed by atoms with Crippen molar-refractivity contribution in [3.63, 3.8) is 0 Å². The highest BCUT2D eigenvalue weighted by molar-refractivity contribution is 8.13. The van der Waals surface area contributed by atoms with Gasteiger partial charge in [0.2, 0.25) is 11.0 Å². The fraction of sp³-hybridized carbons (Fsp3) is 0.125. The first kappa shape index (κ1) is 19.9. The zero-order chi connectivity index (χ0) is 20.9. The van der Waals surface area contributed by atoms with Crippen LogP contribution in [0, 0.1) is 12.3 Å². The van der Waals surface area contributed by atoms with E-state index in [0.717, 1.165) is 22.0 Å². The molecular formula is C24H22N4OS.